The zero-order chi connectivity index (χ0) is 13.8. The van der Waals surface area contributed by atoms with Gasteiger partial charge in [-0.3, -0.25) is 4.68 Å². The van der Waals surface area contributed by atoms with E-state index in [4.69, 9.17) is 11.6 Å². The van der Waals surface area contributed by atoms with Crippen LogP contribution < -0.4 is 5.32 Å². The van der Waals surface area contributed by atoms with Crippen LogP contribution >= 0.6 is 11.6 Å². The van der Waals surface area contributed by atoms with E-state index >= 15 is 0 Å². The van der Waals surface area contributed by atoms with E-state index in [2.05, 4.69) is 27.3 Å². The maximum Gasteiger partial charge on any atom is 0.151 e. The highest BCUT2D eigenvalue weighted by molar-refractivity contribution is 6.31. The molecule has 0 spiro atoms. The molecule has 0 radical (unpaired) electrons. The van der Waals surface area contributed by atoms with Crippen molar-refractivity contribution in [3.63, 3.8) is 0 Å². The lowest BCUT2D eigenvalue weighted by Crippen LogP contribution is -2.27. The molecule has 0 bridgehead atoms. The van der Waals surface area contributed by atoms with Gasteiger partial charge in [0.2, 0.25) is 0 Å². The molecule has 0 saturated heterocycles. The smallest absolute Gasteiger partial charge is 0.151 e. The van der Waals surface area contributed by atoms with Gasteiger partial charge in [-0.2, -0.15) is 5.10 Å². The first-order valence-electron chi connectivity index (χ1n) is 6.32. The minimum Gasteiger partial charge on any atom is -0.302 e. The van der Waals surface area contributed by atoms with Crippen LogP contribution in [0, 0.1) is 6.92 Å². The lowest BCUT2D eigenvalue weighted by Gasteiger charge is -2.18. The molecular formula is C13H18ClN5. The highest BCUT2D eigenvalue weighted by Crippen LogP contribution is 2.25. The first kappa shape index (κ1) is 14.0. The van der Waals surface area contributed by atoms with E-state index in [1.54, 1.807) is 10.9 Å². The van der Waals surface area contributed by atoms with Crippen LogP contribution in [0.25, 0.3) is 0 Å². The van der Waals surface area contributed by atoms with Crippen molar-refractivity contribution in [2.45, 2.75) is 26.3 Å². The van der Waals surface area contributed by atoms with Crippen molar-refractivity contribution in [3.8, 4) is 0 Å². The van der Waals surface area contributed by atoms with Crippen LogP contribution in [0.2, 0.25) is 5.02 Å². The third-order valence-electron chi connectivity index (χ3n) is 2.87. The molecule has 102 valence electrons. The van der Waals surface area contributed by atoms with Crippen molar-refractivity contribution in [1.29, 1.82) is 0 Å². The number of rotatable bonds is 5. The minimum absolute atomic E-state index is 0.138. The molecular weight excluding hydrogens is 262 g/mol. The summed E-state index contributed by atoms with van der Waals surface area (Å²) >= 11 is 6.22. The maximum atomic E-state index is 6.22. The summed E-state index contributed by atoms with van der Waals surface area (Å²) in [5.74, 6) is 0.713. The fraction of sp³-hybridized carbons (Fsp3) is 0.462. The van der Waals surface area contributed by atoms with Gasteiger partial charge in [-0.1, -0.05) is 18.5 Å². The largest absolute Gasteiger partial charge is 0.302 e. The molecule has 5 nitrogen and oxygen atoms in total. The molecule has 1 unspecified atom stereocenters. The maximum absolute atomic E-state index is 6.22. The van der Waals surface area contributed by atoms with E-state index in [1.165, 1.54) is 0 Å². The van der Waals surface area contributed by atoms with Gasteiger partial charge < -0.3 is 5.32 Å². The van der Waals surface area contributed by atoms with Crippen LogP contribution in [0.5, 0.6) is 0 Å². The molecule has 2 aromatic heterocycles. The summed E-state index contributed by atoms with van der Waals surface area (Å²) in [4.78, 5) is 8.79. The summed E-state index contributed by atoms with van der Waals surface area (Å²) in [5.41, 5.74) is 1.92. The number of nitrogens with zero attached hydrogens (tertiary/aromatic N) is 4. The monoisotopic (exact) mass is 279 g/mol. The number of hydrogen-bond acceptors (Lipinski definition) is 4. The molecule has 0 aliphatic heterocycles. The third-order valence-corrected chi connectivity index (χ3v) is 3.16. The number of aromatic nitrogens is 4. The Bertz CT molecular complexity index is 515. The van der Waals surface area contributed by atoms with Gasteiger partial charge in [0.15, 0.2) is 5.82 Å². The van der Waals surface area contributed by atoms with E-state index in [1.807, 2.05) is 26.4 Å². The van der Waals surface area contributed by atoms with Crippen molar-refractivity contribution in [2.24, 2.45) is 7.05 Å². The van der Waals surface area contributed by atoms with E-state index in [0.29, 0.717) is 10.8 Å². The Morgan fingerprint density at radius 2 is 2.00 bits per heavy atom. The van der Waals surface area contributed by atoms with Crippen molar-refractivity contribution < 1.29 is 0 Å². The van der Waals surface area contributed by atoms with E-state index in [9.17, 15) is 0 Å². The SMILES string of the molecule is CCCNC(c1ncc(C)cn1)c1c(Cl)cnn1C. The topological polar surface area (TPSA) is 55.6 Å². The van der Waals surface area contributed by atoms with E-state index < -0.39 is 0 Å². The second-order valence-corrected chi connectivity index (χ2v) is 4.91. The molecule has 1 N–H and O–H groups in total. The van der Waals surface area contributed by atoms with E-state index in [-0.39, 0.29) is 6.04 Å². The lowest BCUT2D eigenvalue weighted by atomic mass is 10.1. The predicted molar refractivity (Wildman–Crippen MR) is 75.1 cm³/mol. The summed E-state index contributed by atoms with van der Waals surface area (Å²) in [6, 6.07) is -0.138. The molecule has 0 aliphatic carbocycles. The molecule has 2 aromatic rings. The zero-order valence-corrected chi connectivity index (χ0v) is 12.1. The fourth-order valence-electron chi connectivity index (χ4n) is 1.90. The Kier molecular flexibility index (Phi) is 4.50. The second kappa shape index (κ2) is 6.12. The lowest BCUT2D eigenvalue weighted by molar-refractivity contribution is 0.531. The normalized spacial score (nSPS) is 12.6. The first-order valence-corrected chi connectivity index (χ1v) is 6.70. The van der Waals surface area contributed by atoms with Crippen molar-refractivity contribution in [1.82, 2.24) is 25.1 Å². The minimum atomic E-state index is -0.138. The van der Waals surface area contributed by atoms with Gasteiger partial charge in [0.1, 0.15) is 6.04 Å². The zero-order valence-electron chi connectivity index (χ0n) is 11.4. The Balaban J connectivity index is 2.38. The summed E-state index contributed by atoms with van der Waals surface area (Å²) in [6.07, 6.45) is 6.30. The molecule has 0 amide bonds. The van der Waals surface area contributed by atoms with Gasteiger partial charge >= 0.3 is 0 Å². The molecule has 0 saturated carbocycles. The molecule has 2 rings (SSSR count). The van der Waals surface area contributed by atoms with Gasteiger partial charge in [-0.15, -0.1) is 0 Å². The molecule has 2 heterocycles. The molecule has 0 aliphatic rings. The molecule has 19 heavy (non-hydrogen) atoms. The average molecular weight is 280 g/mol. The molecule has 0 fully saturated rings. The first-order chi connectivity index (χ1) is 9.13. The number of halogens is 1. The summed E-state index contributed by atoms with van der Waals surface area (Å²) in [5, 5.41) is 8.22. The van der Waals surface area contributed by atoms with Gasteiger partial charge in [0.25, 0.3) is 0 Å². The quantitative estimate of drug-likeness (QED) is 0.912. The van der Waals surface area contributed by atoms with E-state index in [0.717, 1.165) is 24.2 Å². The second-order valence-electron chi connectivity index (χ2n) is 4.51. The van der Waals surface area contributed by atoms with Crippen LogP contribution in [0.3, 0.4) is 0 Å². The Hall–Kier alpha value is -1.46. The average Bonchev–Trinajstić information content (AvgIpc) is 2.73. The molecule has 0 aromatic carbocycles. The van der Waals surface area contributed by atoms with Crippen LogP contribution in [0.1, 0.15) is 36.5 Å². The number of aryl methyl sites for hydroxylation is 2. The summed E-state index contributed by atoms with van der Waals surface area (Å²) < 4.78 is 1.76. The van der Waals surface area contributed by atoms with Crippen LogP contribution in [0.15, 0.2) is 18.6 Å². The van der Waals surface area contributed by atoms with Gasteiger partial charge in [-0.25, -0.2) is 9.97 Å². The van der Waals surface area contributed by atoms with Crippen molar-refractivity contribution >= 4 is 11.6 Å². The van der Waals surface area contributed by atoms with Crippen LogP contribution in [-0.2, 0) is 7.05 Å². The molecule has 1 atom stereocenters. The van der Waals surface area contributed by atoms with Gasteiger partial charge in [-0.05, 0) is 25.5 Å². The third kappa shape index (κ3) is 3.11. The Labute approximate surface area is 118 Å². The van der Waals surface area contributed by atoms with Crippen LogP contribution in [0.4, 0.5) is 0 Å². The Morgan fingerprint density at radius 1 is 1.32 bits per heavy atom. The summed E-state index contributed by atoms with van der Waals surface area (Å²) in [7, 11) is 1.87. The van der Waals surface area contributed by atoms with Crippen molar-refractivity contribution in [2.75, 3.05) is 6.54 Å². The highest BCUT2D eigenvalue weighted by Gasteiger charge is 2.22. The predicted octanol–water partition coefficient (Wildman–Crippen LogP) is 2.26. The number of hydrogen-bond donors (Lipinski definition) is 1. The number of nitrogens with one attached hydrogen (secondary N) is 1. The van der Waals surface area contributed by atoms with Crippen LogP contribution in [-0.4, -0.2) is 26.3 Å². The molecule has 6 heteroatoms. The fourth-order valence-corrected chi connectivity index (χ4v) is 2.17. The van der Waals surface area contributed by atoms with Gasteiger partial charge in [0, 0.05) is 19.4 Å². The summed E-state index contributed by atoms with van der Waals surface area (Å²) in [6.45, 7) is 4.95. The standard InChI is InChI=1S/C13H18ClN5/c1-4-5-15-11(12-10(14)8-18-19(12)3)13-16-6-9(2)7-17-13/h6-8,11,15H,4-5H2,1-3H3. The van der Waals surface area contributed by atoms with Gasteiger partial charge in [0.05, 0.1) is 16.9 Å². The highest BCUT2D eigenvalue weighted by atomic mass is 35.5. The van der Waals surface area contributed by atoms with Crippen molar-refractivity contribution in [3.05, 3.63) is 40.7 Å². The Morgan fingerprint density at radius 3 is 2.53 bits per heavy atom.